The molecule has 0 saturated carbocycles. The van der Waals surface area contributed by atoms with Crippen molar-refractivity contribution in [1.82, 2.24) is 15.3 Å². The first-order valence-electron chi connectivity index (χ1n) is 7.38. The molecule has 1 fully saturated rings. The first kappa shape index (κ1) is 15.0. The van der Waals surface area contributed by atoms with E-state index < -0.39 is 0 Å². The van der Waals surface area contributed by atoms with Crippen LogP contribution in [-0.4, -0.2) is 28.0 Å². The molecule has 0 radical (unpaired) electrons. The van der Waals surface area contributed by atoms with Crippen LogP contribution in [0.2, 0.25) is 0 Å². The Labute approximate surface area is 120 Å². The maximum Gasteiger partial charge on any atom is 0.217 e. The highest BCUT2D eigenvalue weighted by Gasteiger charge is 2.32. The van der Waals surface area contributed by atoms with E-state index in [-0.39, 0.29) is 24.2 Å². The van der Waals surface area contributed by atoms with Crippen LogP contribution in [0.25, 0.3) is 0 Å². The Morgan fingerprint density at radius 1 is 1.55 bits per heavy atom. The quantitative estimate of drug-likeness (QED) is 0.890. The number of carbonyl (C=O) groups excluding carboxylic acids is 1. The van der Waals surface area contributed by atoms with Gasteiger partial charge in [0.15, 0.2) is 0 Å². The molecular formula is C15H25N3O2. The SMILES string of the molecule is CC(=O)N[C@@H]1C[C@H](CC(C)C)O[C@H](c2nc[nH]c2C)C1. The summed E-state index contributed by atoms with van der Waals surface area (Å²) >= 11 is 0. The molecule has 1 aromatic heterocycles. The predicted octanol–water partition coefficient (Wildman–Crippen LogP) is 2.49. The van der Waals surface area contributed by atoms with Gasteiger partial charge in [0.25, 0.3) is 0 Å². The number of aryl methyl sites for hydroxylation is 1. The molecule has 5 heteroatoms. The number of hydrogen-bond donors (Lipinski definition) is 2. The van der Waals surface area contributed by atoms with Gasteiger partial charge in [-0.25, -0.2) is 4.98 Å². The zero-order valence-electron chi connectivity index (χ0n) is 12.8. The van der Waals surface area contributed by atoms with E-state index in [1.165, 1.54) is 0 Å². The highest BCUT2D eigenvalue weighted by atomic mass is 16.5. The third-order valence-electron chi connectivity index (χ3n) is 3.72. The third-order valence-corrected chi connectivity index (χ3v) is 3.72. The molecule has 5 nitrogen and oxygen atoms in total. The fourth-order valence-corrected chi connectivity index (χ4v) is 2.97. The van der Waals surface area contributed by atoms with Gasteiger partial charge in [0.2, 0.25) is 5.91 Å². The monoisotopic (exact) mass is 279 g/mol. The highest BCUT2D eigenvalue weighted by Crippen LogP contribution is 2.33. The van der Waals surface area contributed by atoms with E-state index in [9.17, 15) is 4.79 Å². The van der Waals surface area contributed by atoms with E-state index in [2.05, 4.69) is 29.1 Å². The van der Waals surface area contributed by atoms with Crippen molar-refractivity contribution in [2.24, 2.45) is 5.92 Å². The molecule has 2 heterocycles. The van der Waals surface area contributed by atoms with Crippen molar-refractivity contribution in [3.8, 4) is 0 Å². The van der Waals surface area contributed by atoms with Crippen LogP contribution in [0.1, 0.15) is 57.5 Å². The predicted molar refractivity (Wildman–Crippen MR) is 77.2 cm³/mol. The van der Waals surface area contributed by atoms with Crippen molar-refractivity contribution in [2.75, 3.05) is 0 Å². The molecule has 0 aromatic carbocycles. The second kappa shape index (κ2) is 6.39. The summed E-state index contributed by atoms with van der Waals surface area (Å²) in [5, 5.41) is 3.04. The number of amides is 1. The Bertz CT molecular complexity index is 456. The van der Waals surface area contributed by atoms with Gasteiger partial charge in [-0.3, -0.25) is 4.79 Å². The minimum Gasteiger partial charge on any atom is -0.368 e. The summed E-state index contributed by atoms with van der Waals surface area (Å²) in [5.74, 6) is 0.606. The Hall–Kier alpha value is -1.36. The van der Waals surface area contributed by atoms with Gasteiger partial charge in [-0.05, 0) is 32.1 Å². The number of carbonyl (C=O) groups is 1. The highest BCUT2D eigenvalue weighted by molar-refractivity contribution is 5.73. The Morgan fingerprint density at radius 2 is 2.30 bits per heavy atom. The fourth-order valence-electron chi connectivity index (χ4n) is 2.97. The summed E-state index contributed by atoms with van der Waals surface area (Å²) in [6.07, 6.45) is 4.54. The van der Waals surface area contributed by atoms with Gasteiger partial charge in [-0.15, -0.1) is 0 Å². The van der Waals surface area contributed by atoms with Crippen LogP contribution < -0.4 is 5.32 Å². The van der Waals surface area contributed by atoms with Gasteiger partial charge < -0.3 is 15.0 Å². The normalized spacial score (nSPS) is 26.8. The lowest BCUT2D eigenvalue weighted by Gasteiger charge is -2.36. The number of ether oxygens (including phenoxy) is 1. The van der Waals surface area contributed by atoms with Crippen molar-refractivity contribution >= 4 is 5.91 Å². The molecule has 0 spiro atoms. The summed E-state index contributed by atoms with van der Waals surface area (Å²) in [6, 6.07) is 0.172. The number of aromatic amines is 1. The van der Waals surface area contributed by atoms with Crippen LogP contribution in [0.3, 0.4) is 0 Å². The molecule has 2 N–H and O–H groups in total. The summed E-state index contributed by atoms with van der Waals surface area (Å²) in [5.41, 5.74) is 2.01. The molecule has 20 heavy (non-hydrogen) atoms. The van der Waals surface area contributed by atoms with Gasteiger partial charge >= 0.3 is 0 Å². The summed E-state index contributed by atoms with van der Waals surface area (Å²) in [6.45, 7) is 7.97. The lowest BCUT2D eigenvalue weighted by atomic mass is 9.92. The van der Waals surface area contributed by atoms with Crippen molar-refractivity contribution in [3.05, 3.63) is 17.7 Å². The summed E-state index contributed by atoms with van der Waals surface area (Å²) in [4.78, 5) is 18.8. The van der Waals surface area contributed by atoms with Crippen molar-refractivity contribution in [3.63, 3.8) is 0 Å². The molecule has 0 aliphatic carbocycles. The first-order chi connectivity index (χ1) is 9.45. The second-order valence-electron chi connectivity index (χ2n) is 6.16. The lowest BCUT2D eigenvalue weighted by molar-refractivity contribution is -0.122. The number of nitrogens with one attached hydrogen (secondary N) is 2. The van der Waals surface area contributed by atoms with E-state index in [1.807, 2.05) is 6.92 Å². The average Bonchev–Trinajstić information content (AvgIpc) is 2.73. The van der Waals surface area contributed by atoms with Crippen LogP contribution in [0.5, 0.6) is 0 Å². The fraction of sp³-hybridized carbons (Fsp3) is 0.733. The van der Waals surface area contributed by atoms with E-state index >= 15 is 0 Å². The molecule has 0 bridgehead atoms. The lowest BCUT2D eigenvalue weighted by Crippen LogP contribution is -2.42. The number of rotatable bonds is 4. The van der Waals surface area contributed by atoms with Gasteiger partial charge in [0, 0.05) is 18.7 Å². The number of hydrogen-bond acceptors (Lipinski definition) is 3. The molecule has 112 valence electrons. The average molecular weight is 279 g/mol. The van der Waals surface area contributed by atoms with Crippen molar-refractivity contribution in [1.29, 1.82) is 0 Å². The molecule has 3 atom stereocenters. The van der Waals surface area contributed by atoms with Gasteiger partial charge in [-0.1, -0.05) is 13.8 Å². The molecule has 1 aliphatic rings. The van der Waals surface area contributed by atoms with E-state index in [4.69, 9.17) is 4.74 Å². The standard InChI is InChI=1S/C15H25N3O2/c1-9(2)5-13-6-12(18-11(4)19)7-14(20-13)15-10(3)16-8-17-15/h8-9,12-14H,5-7H2,1-4H3,(H,16,17)(H,18,19)/t12-,13+,14+/m1/s1. The summed E-state index contributed by atoms with van der Waals surface area (Å²) in [7, 11) is 0. The molecule has 2 rings (SSSR count). The maximum atomic E-state index is 11.3. The zero-order valence-corrected chi connectivity index (χ0v) is 12.8. The van der Waals surface area contributed by atoms with Crippen LogP contribution in [0, 0.1) is 12.8 Å². The minimum atomic E-state index is -0.0319. The zero-order chi connectivity index (χ0) is 14.7. The van der Waals surface area contributed by atoms with Gasteiger partial charge in [0.05, 0.1) is 18.1 Å². The van der Waals surface area contributed by atoms with Crippen LogP contribution >= 0.6 is 0 Å². The van der Waals surface area contributed by atoms with E-state index in [0.717, 1.165) is 30.7 Å². The second-order valence-corrected chi connectivity index (χ2v) is 6.16. The molecule has 0 unspecified atom stereocenters. The van der Waals surface area contributed by atoms with Crippen molar-refractivity contribution < 1.29 is 9.53 Å². The Morgan fingerprint density at radius 3 is 2.85 bits per heavy atom. The third kappa shape index (κ3) is 3.82. The van der Waals surface area contributed by atoms with Gasteiger partial charge in [0.1, 0.15) is 6.10 Å². The molecule has 1 saturated heterocycles. The topological polar surface area (TPSA) is 67.0 Å². The first-order valence-corrected chi connectivity index (χ1v) is 7.38. The number of nitrogens with zero attached hydrogens (tertiary/aromatic N) is 1. The number of imidazole rings is 1. The van der Waals surface area contributed by atoms with Crippen LogP contribution in [0.4, 0.5) is 0 Å². The van der Waals surface area contributed by atoms with E-state index in [0.29, 0.717) is 5.92 Å². The maximum absolute atomic E-state index is 11.3. The molecular weight excluding hydrogens is 254 g/mol. The van der Waals surface area contributed by atoms with E-state index in [1.54, 1.807) is 13.3 Å². The molecule has 1 aliphatic heterocycles. The number of H-pyrrole nitrogens is 1. The Balaban J connectivity index is 2.11. The largest absolute Gasteiger partial charge is 0.368 e. The van der Waals surface area contributed by atoms with Crippen molar-refractivity contribution in [2.45, 2.75) is 65.2 Å². The van der Waals surface area contributed by atoms with Crippen LogP contribution in [-0.2, 0) is 9.53 Å². The molecule has 1 amide bonds. The molecule has 1 aromatic rings. The van der Waals surface area contributed by atoms with Gasteiger partial charge in [-0.2, -0.15) is 0 Å². The van der Waals surface area contributed by atoms with Crippen LogP contribution in [0.15, 0.2) is 6.33 Å². The Kier molecular flexibility index (Phi) is 4.81. The minimum absolute atomic E-state index is 0.0256. The smallest absolute Gasteiger partial charge is 0.217 e. The number of aromatic nitrogens is 2. The summed E-state index contributed by atoms with van der Waals surface area (Å²) < 4.78 is 6.20.